The molecule has 0 N–H and O–H groups in total. The lowest BCUT2D eigenvalue weighted by molar-refractivity contribution is 0.0708. The molecule has 0 amide bonds. The standard InChI is InChI=1S/C58H52N2O/c1-3-40-36-44-34-39(2)35-45(37-40)58(44)53-33-32-48(38-57(53)61-49-16-5-4-6-17-49)59(54-23-13-15-43-14-7-8-18-50(43)54)46-28-24-41(25-29-46)42-26-30-47(31-27-42)60-55-21-11-9-19-51(55)52-20-10-12-22-56(52)60/h4-33,38-40,44-45,58H,3,34-37H2,1-2H3/t39-,40+,44+,45-,58?. The van der Waals surface area contributed by atoms with Crippen LogP contribution in [0.15, 0.2) is 188 Å². The van der Waals surface area contributed by atoms with E-state index in [-0.39, 0.29) is 0 Å². The molecule has 5 atom stereocenters. The Balaban J connectivity index is 0.993. The fraction of sp³-hybridized carbons (Fsp3) is 0.207. The zero-order chi connectivity index (χ0) is 40.9. The van der Waals surface area contributed by atoms with Crippen LogP contribution in [0.1, 0.15) is 57.4 Å². The van der Waals surface area contributed by atoms with Crippen LogP contribution in [0.5, 0.6) is 11.5 Å². The fourth-order valence-corrected chi connectivity index (χ4v) is 11.4. The number of benzene rings is 8. The van der Waals surface area contributed by atoms with Gasteiger partial charge in [-0.3, -0.25) is 0 Å². The molecule has 2 bridgehead atoms. The first-order valence-electron chi connectivity index (χ1n) is 22.4. The van der Waals surface area contributed by atoms with E-state index in [9.17, 15) is 0 Å². The summed E-state index contributed by atoms with van der Waals surface area (Å²) in [5.74, 6) is 5.37. The molecule has 2 aliphatic carbocycles. The van der Waals surface area contributed by atoms with Crippen LogP contribution in [0.2, 0.25) is 0 Å². The minimum atomic E-state index is 0.512. The van der Waals surface area contributed by atoms with E-state index in [0.717, 1.165) is 46.1 Å². The van der Waals surface area contributed by atoms with E-state index in [1.165, 1.54) is 81.4 Å². The van der Waals surface area contributed by atoms with Crippen molar-refractivity contribution in [1.82, 2.24) is 4.57 Å². The molecule has 11 rings (SSSR count). The summed E-state index contributed by atoms with van der Waals surface area (Å²) in [6.45, 7) is 4.86. The second-order valence-corrected chi connectivity index (χ2v) is 17.8. The molecule has 1 unspecified atom stereocenters. The van der Waals surface area contributed by atoms with Gasteiger partial charge in [0.05, 0.1) is 16.7 Å². The summed E-state index contributed by atoms with van der Waals surface area (Å²) in [4.78, 5) is 2.43. The van der Waals surface area contributed by atoms with Crippen molar-refractivity contribution >= 4 is 49.6 Å². The Bertz CT molecular complexity index is 2910. The van der Waals surface area contributed by atoms with Gasteiger partial charge in [-0.1, -0.05) is 142 Å². The van der Waals surface area contributed by atoms with Crippen molar-refractivity contribution in [3.8, 4) is 28.3 Å². The predicted molar refractivity (Wildman–Crippen MR) is 256 cm³/mol. The lowest BCUT2D eigenvalue weighted by Gasteiger charge is -2.48. The minimum Gasteiger partial charge on any atom is -0.457 e. The topological polar surface area (TPSA) is 17.4 Å². The highest BCUT2D eigenvalue weighted by Gasteiger charge is 2.43. The number of ether oxygens (including phenoxy) is 1. The largest absolute Gasteiger partial charge is 0.457 e. The van der Waals surface area contributed by atoms with Crippen LogP contribution in [-0.2, 0) is 0 Å². The molecule has 2 fully saturated rings. The molecular formula is C58H52N2O. The molecule has 1 heterocycles. The molecule has 0 saturated heterocycles. The van der Waals surface area contributed by atoms with Crippen molar-refractivity contribution in [3.63, 3.8) is 0 Å². The van der Waals surface area contributed by atoms with E-state index in [2.05, 4.69) is 211 Å². The third kappa shape index (κ3) is 6.87. The highest BCUT2D eigenvalue weighted by Crippen LogP contribution is 2.56. The van der Waals surface area contributed by atoms with E-state index in [0.29, 0.717) is 17.8 Å². The summed E-state index contributed by atoms with van der Waals surface area (Å²) in [7, 11) is 0. The van der Waals surface area contributed by atoms with Gasteiger partial charge in [-0.2, -0.15) is 0 Å². The van der Waals surface area contributed by atoms with Crippen molar-refractivity contribution in [2.75, 3.05) is 4.90 Å². The fourth-order valence-electron chi connectivity index (χ4n) is 11.4. The average Bonchev–Trinajstić information content (AvgIpc) is 3.64. The molecule has 3 nitrogen and oxygen atoms in total. The molecule has 61 heavy (non-hydrogen) atoms. The summed E-state index contributed by atoms with van der Waals surface area (Å²) in [6.07, 6.45) is 6.55. The van der Waals surface area contributed by atoms with Crippen LogP contribution in [-0.4, -0.2) is 4.57 Å². The maximum Gasteiger partial charge on any atom is 0.133 e. The van der Waals surface area contributed by atoms with Gasteiger partial charge in [0.25, 0.3) is 0 Å². The van der Waals surface area contributed by atoms with Gasteiger partial charge in [0.1, 0.15) is 11.5 Å². The van der Waals surface area contributed by atoms with Gasteiger partial charge in [0.15, 0.2) is 0 Å². The van der Waals surface area contributed by atoms with Crippen LogP contribution < -0.4 is 9.64 Å². The zero-order valence-corrected chi connectivity index (χ0v) is 35.1. The Hall–Kier alpha value is -6.58. The SMILES string of the molecule is CC[C@@H]1C[C@H]2C[C@H](C)C[C@@H](C1)C2c1ccc(N(c2ccc(-c3ccc(-n4c5ccccc5c5ccccc54)cc3)cc2)c2cccc3ccccc23)cc1Oc1ccccc1. The highest BCUT2D eigenvalue weighted by atomic mass is 16.5. The number of aromatic nitrogens is 1. The second kappa shape index (κ2) is 15.8. The smallest absolute Gasteiger partial charge is 0.133 e. The number of nitrogens with zero attached hydrogens (tertiary/aromatic N) is 2. The quantitative estimate of drug-likeness (QED) is 0.145. The van der Waals surface area contributed by atoms with Gasteiger partial charge >= 0.3 is 0 Å². The van der Waals surface area contributed by atoms with Gasteiger partial charge < -0.3 is 14.2 Å². The second-order valence-electron chi connectivity index (χ2n) is 17.8. The van der Waals surface area contributed by atoms with Crippen LogP contribution in [0.3, 0.4) is 0 Å². The molecule has 0 spiro atoms. The maximum atomic E-state index is 6.99. The molecule has 9 aromatic rings. The lowest BCUT2D eigenvalue weighted by atomic mass is 9.57. The summed E-state index contributed by atoms with van der Waals surface area (Å²) < 4.78 is 9.37. The van der Waals surface area contributed by atoms with Crippen LogP contribution >= 0.6 is 0 Å². The Kier molecular flexibility index (Phi) is 9.69. The van der Waals surface area contributed by atoms with Crippen molar-refractivity contribution in [2.45, 2.75) is 51.9 Å². The van der Waals surface area contributed by atoms with E-state index < -0.39 is 0 Å². The molecule has 0 radical (unpaired) electrons. The average molecular weight is 793 g/mol. The van der Waals surface area contributed by atoms with E-state index >= 15 is 0 Å². The molecule has 1 aromatic heterocycles. The first-order chi connectivity index (χ1) is 30.1. The first kappa shape index (κ1) is 37.4. The van der Waals surface area contributed by atoms with Gasteiger partial charge in [0.2, 0.25) is 0 Å². The normalized spacial score (nSPS) is 19.9. The molecule has 3 heteroatoms. The predicted octanol–water partition coefficient (Wildman–Crippen LogP) is 16.4. The summed E-state index contributed by atoms with van der Waals surface area (Å²) in [5.41, 5.74) is 10.7. The van der Waals surface area contributed by atoms with Crippen LogP contribution in [0.25, 0.3) is 49.4 Å². The minimum absolute atomic E-state index is 0.512. The Labute approximate surface area is 359 Å². The first-order valence-corrected chi connectivity index (χ1v) is 22.4. The molecule has 8 aromatic carbocycles. The highest BCUT2D eigenvalue weighted by molar-refractivity contribution is 6.09. The Morgan fingerprint density at radius 2 is 1.11 bits per heavy atom. The number of rotatable bonds is 9. The maximum absolute atomic E-state index is 6.99. The van der Waals surface area contributed by atoms with E-state index in [1.807, 2.05) is 0 Å². The van der Waals surface area contributed by atoms with Crippen molar-refractivity contribution < 1.29 is 4.74 Å². The zero-order valence-electron chi connectivity index (χ0n) is 35.1. The van der Waals surface area contributed by atoms with Gasteiger partial charge in [-0.25, -0.2) is 0 Å². The van der Waals surface area contributed by atoms with Crippen molar-refractivity contribution in [3.05, 3.63) is 194 Å². The summed E-state index contributed by atoms with van der Waals surface area (Å²) >= 11 is 0. The Morgan fingerprint density at radius 3 is 1.79 bits per heavy atom. The number of hydrogen-bond acceptors (Lipinski definition) is 2. The Morgan fingerprint density at radius 1 is 0.541 bits per heavy atom. The van der Waals surface area contributed by atoms with Gasteiger partial charge in [-0.15, -0.1) is 0 Å². The number of para-hydroxylation sites is 3. The number of hydrogen-bond donors (Lipinski definition) is 0. The number of anilines is 3. The third-order valence-corrected chi connectivity index (χ3v) is 14.0. The molecular weight excluding hydrogens is 741 g/mol. The van der Waals surface area contributed by atoms with Gasteiger partial charge in [0, 0.05) is 39.3 Å². The molecule has 0 aliphatic heterocycles. The van der Waals surface area contributed by atoms with Crippen LogP contribution in [0, 0.1) is 23.7 Å². The van der Waals surface area contributed by atoms with Crippen LogP contribution in [0.4, 0.5) is 17.1 Å². The monoisotopic (exact) mass is 792 g/mol. The van der Waals surface area contributed by atoms with Crippen molar-refractivity contribution in [1.29, 1.82) is 0 Å². The summed E-state index contributed by atoms with van der Waals surface area (Å²) in [5, 5.41) is 4.99. The lowest BCUT2D eigenvalue weighted by Crippen LogP contribution is -2.37. The molecule has 2 aliphatic rings. The van der Waals surface area contributed by atoms with Crippen molar-refractivity contribution in [2.24, 2.45) is 23.7 Å². The summed E-state index contributed by atoms with van der Waals surface area (Å²) in [6, 6.07) is 68.4. The third-order valence-electron chi connectivity index (χ3n) is 14.0. The molecule has 2 saturated carbocycles. The van der Waals surface area contributed by atoms with Gasteiger partial charge in [-0.05, 0) is 138 Å². The van der Waals surface area contributed by atoms with E-state index in [1.54, 1.807) is 0 Å². The number of fused-ring (bicyclic) bond motifs is 6. The molecule has 300 valence electrons. The van der Waals surface area contributed by atoms with E-state index in [4.69, 9.17) is 4.74 Å².